The van der Waals surface area contributed by atoms with Crippen LogP contribution in [0.4, 0.5) is 10.1 Å². The quantitative estimate of drug-likeness (QED) is 0.791. The summed E-state index contributed by atoms with van der Waals surface area (Å²) in [5.41, 5.74) is 0.610. The maximum absolute atomic E-state index is 13.8. The van der Waals surface area contributed by atoms with Crippen molar-refractivity contribution >= 4 is 34.7 Å². The Labute approximate surface area is 142 Å². The molecule has 0 saturated carbocycles. The fourth-order valence-electron chi connectivity index (χ4n) is 2.46. The van der Waals surface area contributed by atoms with E-state index in [-0.39, 0.29) is 11.7 Å². The molecule has 0 spiro atoms. The molecule has 1 aliphatic rings. The predicted octanol–water partition coefficient (Wildman–Crippen LogP) is 2.43. The van der Waals surface area contributed by atoms with Gasteiger partial charge in [-0.15, -0.1) is 10.2 Å². The first-order chi connectivity index (χ1) is 11.1. The lowest BCUT2D eigenvalue weighted by Crippen LogP contribution is -2.49. The number of para-hydroxylation sites is 1. The number of carbonyl (C=O) groups is 1. The predicted molar refractivity (Wildman–Crippen MR) is 90.6 cm³/mol. The Hall–Kier alpha value is -1.67. The number of amides is 1. The monoisotopic (exact) mass is 352 g/mol. The Bertz CT molecular complexity index is 686. The maximum Gasteiger partial charge on any atom is 0.233 e. The molecule has 2 aromatic rings. The number of hydrogen-bond acceptors (Lipinski definition) is 6. The number of benzene rings is 1. The lowest BCUT2D eigenvalue weighted by atomic mass is 10.2. The van der Waals surface area contributed by atoms with E-state index in [2.05, 4.69) is 10.2 Å². The number of aryl methyl sites for hydroxylation is 1. The van der Waals surface area contributed by atoms with Gasteiger partial charge in [0, 0.05) is 26.2 Å². The minimum absolute atomic E-state index is 0.0936. The molecule has 1 fully saturated rings. The van der Waals surface area contributed by atoms with Crippen LogP contribution in [-0.2, 0) is 4.79 Å². The molecule has 0 atom stereocenters. The number of carbonyl (C=O) groups excluding carboxylic acids is 1. The van der Waals surface area contributed by atoms with Crippen molar-refractivity contribution in [1.82, 2.24) is 15.1 Å². The van der Waals surface area contributed by atoms with Crippen molar-refractivity contribution in [3.05, 3.63) is 35.1 Å². The van der Waals surface area contributed by atoms with Gasteiger partial charge in [-0.3, -0.25) is 4.79 Å². The van der Waals surface area contributed by atoms with E-state index in [4.69, 9.17) is 0 Å². The number of rotatable bonds is 4. The van der Waals surface area contributed by atoms with Crippen LogP contribution in [0.2, 0.25) is 0 Å². The molecule has 0 aliphatic carbocycles. The number of halogens is 1. The zero-order valence-corrected chi connectivity index (χ0v) is 14.4. The van der Waals surface area contributed by atoms with E-state index < -0.39 is 0 Å². The highest BCUT2D eigenvalue weighted by Gasteiger charge is 2.22. The number of aromatic nitrogens is 2. The summed E-state index contributed by atoms with van der Waals surface area (Å²) in [5, 5.41) is 8.85. The highest BCUT2D eigenvalue weighted by atomic mass is 32.2. The highest BCUT2D eigenvalue weighted by Crippen LogP contribution is 2.23. The van der Waals surface area contributed by atoms with Gasteiger partial charge in [0.2, 0.25) is 5.91 Å². The van der Waals surface area contributed by atoms with Gasteiger partial charge < -0.3 is 9.80 Å². The van der Waals surface area contributed by atoms with Gasteiger partial charge in [0.1, 0.15) is 10.8 Å². The zero-order valence-electron chi connectivity index (χ0n) is 12.7. The van der Waals surface area contributed by atoms with Gasteiger partial charge in [0.05, 0.1) is 11.4 Å². The molecule has 122 valence electrons. The number of anilines is 1. The van der Waals surface area contributed by atoms with Crippen molar-refractivity contribution < 1.29 is 9.18 Å². The number of hydrogen-bond donors (Lipinski definition) is 0. The zero-order chi connectivity index (χ0) is 16.2. The summed E-state index contributed by atoms with van der Waals surface area (Å²) in [4.78, 5) is 16.1. The van der Waals surface area contributed by atoms with E-state index in [0.717, 1.165) is 9.35 Å². The maximum atomic E-state index is 13.8. The summed E-state index contributed by atoms with van der Waals surface area (Å²) < 4.78 is 14.6. The number of thioether (sulfide) groups is 1. The van der Waals surface area contributed by atoms with Crippen molar-refractivity contribution in [2.75, 3.05) is 36.8 Å². The molecule has 3 rings (SSSR count). The first-order valence-electron chi connectivity index (χ1n) is 7.33. The normalized spacial score (nSPS) is 15.0. The van der Waals surface area contributed by atoms with Crippen LogP contribution < -0.4 is 4.90 Å². The van der Waals surface area contributed by atoms with Crippen molar-refractivity contribution in [2.45, 2.75) is 11.3 Å². The Morgan fingerprint density at radius 2 is 2.00 bits per heavy atom. The second kappa shape index (κ2) is 7.27. The molecule has 1 saturated heterocycles. The van der Waals surface area contributed by atoms with Crippen LogP contribution in [-0.4, -0.2) is 52.9 Å². The van der Waals surface area contributed by atoms with Gasteiger partial charge in [0.25, 0.3) is 0 Å². The topological polar surface area (TPSA) is 49.3 Å². The fraction of sp³-hybridized carbons (Fsp3) is 0.400. The van der Waals surface area contributed by atoms with Crippen molar-refractivity contribution in [3.8, 4) is 0 Å². The summed E-state index contributed by atoms with van der Waals surface area (Å²) in [7, 11) is 0. The van der Waals surface area contributed by atoms with E-state index in [0.29, 0.717) is 37.6 Å². The summed E-state index contributed by atoms with van der Waals surface area (Å²) in [6.45, 7) is 4.42. The molecule has 5 nitrogen and oxygen atoms in total. The standard InChI is InChI=1S/C15H17FN4OS2/c1-11-17-18-15(23-11)22-10-14(21)20-8-6-19(7-9-20)13-5-3-2-4-12(13)16/h2-5H,6-10H2,1H3. The molecule has 0 radical (unpaired) electrons. The summed E-state index contributed by atoms with van der Waals surface area (Å²) in [6.07, 6.45) is 0. The van der Waals surface area contributed by atoms with Crippen LogP contribution in [0, 0.1) is 12.7 Å². The van der Waals surface area contributed by atoms with E-state index in [1.54, 1.807) is 12.1 Å². The van der Waals surface area contributed by atoms with Gasteiger partial charge in [0.15, 0.2) is 4.34 Å². The molecule has 1 aromatic heterocycles. The molecule has 23 heavy (non-hydrogen) atoms. The lowest BCUT2D eigenvalue weighted by Gasteiger charge is -2.36. The van der Waals surface area contributed by atoms with Gasteiger partial charge in [-0.05, 0) is 19.1 Å². The molecule has 8 heteroatoms. The van der Waals surface area contributed by atoms with Gasteiger partial charge in [-0.2, -0.15) is 0 Å². The van der Waals surface area contributed by atoms with Crippen molar-refractivity contribution in [1.29, 1.82) is 0 Å². The molecule has 2 heterocycles. The van der Waals surface area contributed by atoms with E-state index in [1.807, 2.05) is 22.8 Å². The van der Waals surface area contributed by atoms with E-state index >= 15 is 0 Å². The third kappa shape index (κ3) is 4.00. The van der Waals surface area contributed by atoms with Gasteiger partial charge in [-0.25, -0.2) is 4.39 Å². The minimum Gasteiger partial charge on any atom is -0.366 e. The molecule has 1 amide bonds. The van der Waals surface area contributed by atoms with E-state index in [1.165, 1.54) is 29.2 Å². The average molecular weight is 352 g/mol. The summed E-state index contributed by atoms with van der Waals surface area (Å²) in [6, 6.07) is 6.76. The first kappa shape index (κ1) is 16.2. The third-order valence-electron chi connectivity index (χ3n) is 3.65. The summed E-state index contributed by atoms with van der Waals surface area (Å²) >= 11 is 2.92. The summed E-state index contributed by atoms with van der Waals surface area (Å²) in [5.74, 6) is 0.249. The molecule has 1 aromatic carbocycles. The van der Waals surface area contributed by atoms with Crippen LogP contribution in [0.25, 0.3) is 0 Å². The van der Waals surface area contributed by atoms with Crippen LogP contribution in [0.5, 0.6) is 0 Å². The van der Waals surface area contributed by atoms with Crippen LogP contribution in [0.1, 0.15) is 5.01 Å². The molecule has 0 N–H and O–H groups in total. The van der Waals surface area contributed by atoms with Crippen LogP contribution in [0.15, 0.2) is 28.6 Å². The minimum atomic E-state index is -0.213. The lowest BCUT2D eigenvalue weighted by molar-refractivity contribution is -0.128. The van der Waals surface area contributed by atoms with Gasteiger partial charge in [-0.1, -0.05) is 35.2 Å². The smallest absolute Gasteiger partial charge is 0.233 e. The Kier molecular flexibility index (Phi) is 5.12. The second-order valence-electron chi connectivity index (χ2n) is 5.19. The van der Waals surface area contributed by atoms with Crippen molar-refractivity contribution in [2.24, 2.45) is 0 Å². The SMILES string of the molecule is Cc1nnc(SCC(=O)N2CCN(c3ccccc3F)CC2)s1. The Balaban J connectivity index is 1.50. The van der Waals surface area contributed by atoms with Crippen molar-refractivity contribution in [3.63, 3.8) is 0 Å². The number of nitrogens with zero attached hydrogens (tertiary/aromatic N) is 4. The molecular weight excluding hydrogens is 335 g/mol. The second-order valence-corrected chi connectivity index (χ2v) is 7.60. The Morgan fingerprint density at radius 3 is 2.65 bits per heavy atom. The fourth-order valence-corrected chi connectivity index (χ4v) is 4.17. The molecular formula is C15H17FN4OS2. The largest absolute Gasteiger partial charge is 0.366 e. The first-order valence-corrected chi connectivity index (χ1v) is 9.14. The Morgan fingerprint density at radius 1 is 1.26 bits per heavy atom. The third-order valence-corrected chi connectivity index (χ3v) is 5.61. The highest BCUT2D eigenvalue weighted by molar-refractivity contribution is 8.01. The van der Waals surface area contributed by atoms with Crippen LogP contribution in [0.3, 0.4) is 0 Å². The molecule has 1 aliphatic heterocycles. The van der Waals surface area contributed by atoms with E-state index in [9.17, 15) is 9.18 Å². The average Bonchev–Trinajstić information content (AvgIpc) is 2.99. The molecule has 0 unspecified atom stereocenters. The van der Waals surface area contributed by atoms with Crippen LogP contribution >= 0.6 is 23.1 Å². The molecule has 0 bridgehead atoms. The van der Waals surface area contributed by atoms with Gasteiger partial charge >= 0.3 is 0 Å². The number of piperazine rings is 1.